The summed E-state index contributed by atoms with van der Waals surface area (Å²) in [7, 11) is 0. The summed E-state index contributed by atoms with van der Waals surface area (Å²) in [5.74, 6) is 0. The number of oxazole rings is 1. The molecule has 0 saturated carbocycles. The smallest absolute Gasteiger partial charge is 0.181 e. The van der Waals surface area contributed by atoms with Gasteiger partial charge in [0.05, 0.1) is 0 Å². The molecular weight excluding hydrogens is 214 g/mol. The monoisotopic (exact) mass is 231 g/mol. The van der Waals surface area contributed by atoms with E-state index in [2.05, 4.69) is 10.3 Å². The molecule has 1 aromatic heterocycles. The summed E-state index contributed by atoms with van der Waals surface area (Å²) >= 11 is 0. The Balaban J connectivity index is 1.77. The third kappa shape index (κ3) is 2.18. The molecule has 3 rings (SSSR count). The molecule has 1 fully saturated rings. The van der Waals surface area contributed by atoms with E-state index in [9.17, 15) is 0 Å². The van der Waals surface area contributed by atoms with E-state index >= 15 is 0 Å². The Hall–Kier alpha value is -1.39. The van der Waals surface area contributed by atoms with Crippen LogP contribution < -0.4 is 11.1 Å². The van der Waals surface area contributed by atoms with Gasteiger partial charge >= 0.3 is 0 Å². The number of nitrogens with one attached hydrogen (secondary N) is 1. The van der Waals surface area contributed by atoms with Crippen LogP contribution in [-0.2, 0) is 0 Å². The number of hydrogen-bond donors (Lipinski definition) is 2. The predicted octanol–water partition coefficient (Wildman–Crippen LogP) is 1.97. The molecule has 2 unspecified atom stereocenters. The normalized spacial score (nSPS) is 22.1. The van der Waals surface area contributed by atoms with Gasteiger partial charge in [-0.25, -0.2) is 4.98 Å². The first-order valence-corrected chi connectivity index (χ1v) is 6.15. The van der Waals surface area contributed by atoms with Crippen LogP contribution in [0.25, 0.3) is 11.1 Å². The number of aromatic nitrogens is 1. The topological polar surface area (TPSA) is 64.1 Å². The van der Waals surface area contributed by atoms with Crippen LogP contribution in [0.5, 0.6) is 0 Å². The molecule has 4 heteroatoms. The van der Waals surface area contributed by atoms with Gasteiger partial charge < -0.3 is 15.5 Å². The van der Waals surface area contributed by atoms with E-state index in [-0.39, 0.29) is 6.04 Å². The second-order valence-electron chi connectivity index (χ2n) is 4.71. The predicted molar refractivity (Wildman–Crippen MR) is 66.6 cm³/mol. The van der Waals surface area contributed by atoms with Crippen molar-refractivity contribution in [2.75, 3.05) is 6.54 Å². The minimum absolute atomic E-state index is 0.0695. The van der Waals surface area contributed by atoms with Crippen molar-refractivity contribution in [1.29, 1.82) is 0 Å². The average molecular weight is 231 g/mol. The molecule has 90 valence electrons. The highest BCUT2D eigenvalue weighted by molar-refractivity contribution is 5.72. The molecule has 1 saturated heterocycles. The molecule has 0 amide bonds. The lowest BCUT2D eigenvalue weighted by Gasteiger charge is -2.16. The van der Waals surface area contributed by atoms with E-state index in [1.165, 1.54) is 19.2 Å². The minimum atomic E-state index is 0.0695. The summed E-state index contributed by atoms with van der Waals surface area (Å²) in [6.07, 6.45) is 4.95. The molecule has 17 heavy (non-hydrogen) atoms. The largest absolute Gasteiger partial charge is 0.443 e. The number of hydrogen-bond acceptors (Lipinski definition) is 4. The summed E-state index contributed by atoms with van der Waals surface area (Å²) in [4.78, 5) is 4.10. The van der Waals surface area contributed by atoms with Crippen LogP contribution in [0.4, 0.5) is 0 Å². The maximum atomic E-state index is 6.23. The molecule has 1 aromatic carbocycles. The van der Waals surface area contributed by atoms with E-state index in [0.717, 1.165) is 29.6 Å². The second-order valence-corrected chi connectivity index (χ2v) is 4.71. The number of rotatable bonds is 3. The van der Waals surface area contributed by atoms with Crippen LogP contribution in [0.15, 0.2) is 29.0 Å². The first kappa shape index (κ1) is 10.7. The summed E-state index contributed by atoms with van der Waals surface area (Å²) in [5.41, 5.74) is 9.07. The molecular formula is C13H17N3O. The fraction of sp³-hybridized carbons (Fsp3) is 0.462. The summed E-state index contributed by atoms with van der Waals surface area (Å²) in [5, 5.41) is 3.47. The average Bonchev–Trinajstić information content (AvgIpc) is 2.97. The highest BCUT2D eigenvalue weighted by atomic mass is 16.3. The maximum absolute atomic E-state index is 6.23. The van der Waals surface area contributed by atoms with Crippen molar-refractivity contribution in [2.45, 2.75) is 31.3 Å². The Labute approximate surface area is 100 Å². The van der Waals surface area contributed by atoms with Gasteiger partial charge in [0.25, 0.3) is 0 Å². The Bertz CT molecular complexity index is 502. The van der Waals surface area contributed by atoms with Gasteiger partial charge in [0.1, 0.15) is 5.52 Å². The van der Waals surface area contributed by atoms with E-state index < -0.39 is 0 Å². The lowest BCUT2D eigenvalue weighted by Crippen LogP contribution is -2.26. The summed E-state index contributed by atoms with van der Waals surface area (Å²) < 4.78 is 5.30. The molecule has 0 spiro atoms. The Morgan fingerprint density at radius 2 is 2.47 bits per heavy atom. The van der Waals surface area contributed by atoms with Crippen molar-refractivity contribution < 1.29 is 4.42 Å². The summed E-state index contributed by atoms with van der Waals surface area (Å²) in [6, 6.07) is 6.65. The van der Waals surface area contributed by atoms with Crippen molar-refractivity contribution in [3.8, 4) is 0 Å². The zero-order valence-electron chi connectivity index (χ0n) is 9.73. The van der Waals surface area contributed by atoms with E-state index in [1.54, 1.807) is 0 Å². The van der Waals surface area contributed by atoms with Crippen LogP contribution in [0, 0.1) is 0 Å². The van der Waals surface area contributed by atoms with Gasteiger partial charge in [-0.15, -0.1) is 0 Å². The van der Waals surface area contributed by atoms with Crippen molar-refractivity contribution in [1.82, 2.24) is 10.3 Å². The lowest BCUT2D eigenvalue weighted by atomic mass is 9.99. The number of nitrogens with zero attached hydrogens (tertiary/aromatic N) is 1. The molecule has 2 atom stereocenters. The van der Waals surface area contributed by atoms with Gasteiger partial charge in [0, 0.05) is 12.1 Å². The zero-order chi connectivity index (χ0) is 11.7. The van der Waals surface area contributed by atoms with Gasteiger partial charge in [-0.3, -0.25) is 0 Å². The molecule has 4 nitrogen and oxygen atoms in total. The lowest BCUT2D eigenvalue weighted by molar-refractivity contribution is 0.499. The SMILES string of the molecule is NC(CC1CCCN1)c1ccc2ncoc2c1. The quantitative estimate of drug-likeness (QED) is 0.847. The van der Waals surface area contributed by atoms with Gasteiger partial charge in [0.2, 0.25) is 0 Å². The molecule has 0 bridgehead atoms. The van der Waals surface area contributed by atoms with Gasteiger partial charge in [-0.2, -0.15) is 0 Å². The Morgan fingerprint density at radius 1 is 1.53 bits per heavy atom. The molecule has 3 N–H and O–H groups in total. The fourth-order valence-electron chi connectivity index (χ4n) is 2.50. The standard InChI is InChI=1S/C13H17N3O/c14-11(7-10-2-1-5-15-10)9-3-4-12-13(6-9)17-8-16-12/h3-4,6,8,10-11,15H,1-2,5,7,14H2. The van der Waals surface area contributed by atoms with Gasteiger partial charge in [-0.05, 0) is 43.5 Å². The minimum Gasteiger partial charge on any atom is -0.443 e. The van der Waals surface area contributed by atoms with Crippen LogP contribution in [-0.4, -0.2) is 17.6 Å². The molecule has 2 aromatic rings. The van der Waals surface area contributed by atoms with Crippen molar-refractivity contribution in [3.63, 3.8) is 0 Å². The molecule has 0 aliphatic carbocycles. The van der Waals surface area contributed by atoms with Gasteiger partial charge in [0.15, 0.2) is 12.0 Å². The van der Waals surface area contributed by atoms with Crippen LogP contribution >= 0.6 is 0 Å². The van der Waals surface area contributed by atoms with Gasteiger partial charge in [-0.1, -0.05) is 6.07 Å². The second kappa shape index (κ2) is 4.47. The van der Waals surface area contributed by atoms with E-state index in [4.69, 9.17) is 10.2 Å². The van der Waals surface area contributed by atoms with Crippen LogP contribution in [0.2, 0.25) is 0 Å². The van der Waals surface area contributed by atoms with E-state index in [1.807, 2.05) is 18.2 Å². The number of nitrogens with two attached hydrogens (primary N) is 1. The summed E-state index contributed by atoms with van der Waals surface area (Å²) in [6.45, 7) is 1.12. The molecule has 0 radical (unpaired) electrons. The molecule has 1 aliphatic rings. The molecule has 2 heterocycles. The molecule has 1 aliphatic heterocycles. The van der Waals surface area contributed by atoms with Crippen molar-refractivity contribution in [2.24, 2.45) is 5.73 Å². The first-order valence-electron chi connectivity index (χ1n) is 6.15. The van der Waals surface area contributed by atoms with Crippen LogP contribution in [0.1, 0.15) is 30.9 Å². The third-order valence-electron chi connectivity index (χ3n) is 3.48. The highest BCUT2D eigenvalue weighted by Gasteiger charge is 2.18. The van der Waals surface area contributed by atoms with Crippen molar-refractivity contribution >= 4 is 11.1 Å². The highest BCUT2D eigenvalue weighted by Crippen LogP contribution is 2.23. The number of benzene rings is 1. The first-order chi connectivity index (χ1) is 8.33. The van der Waals surface area contributed by atoms with E-state index in [0.29, 0.717) is 6.04 Å². The third-order valence-corrected chi connectivity index (χ3v) is 3.48. The van der Waals surface area contributed by atoms with Crippen LogP contribution in [0.3, 0.4) is 0 Å². The fourth-order valence-corrected chi connectivity index (χ4v) is 2.50. The van der Waals surface area contributed by atoms with Crippen molar-refractivity contribution in [3.05, 3.63) is 30.2 Å². The number of fused-ring (bicyclic) bond motifs is 1. The zero-order valence-corrected chi connectivity index (χ0v) is 9.73. The maximum Gasteiger partial charge on any atom is 0.181 e. The Kier molecular flexibility index (Phi) is 2.82. The Morgan fingerprint density at radius 3 is 3.29 bits per heavy atom.